The van der Waals surface area contributed by atoms with Crippen molar-refractivity contribution < 1.29 is 29.0 Å². The van der Waals surface area contributed by atoms with E-state index in [4.69, 9.17) is 9.47 Å². The molecule has 0 saturated carbocycles. The molecule has 0 bridgehead atoms. The number of aldehydes is 2. The van der Waals surface area contributed by atoms with Gasteiger partial charge in [0.15, 0.2) is 6.29 Å². The summed E-state index contributed by atoms with van der Waals surface area (Å²) in [6.45, 7) is 0.103. The first-order valence-corrected chi connectivity index (χ1v) is 5.47. The average Bonchev–Trinajstić information content (AvgIpc) is 2.36. The fourth-order valence-corrected chi connectivity index (χ4v) is 1.52. The Balaban J connectivity index is 4.75. The van der Waals surface area contributed by atoms with Crippen molar-refractivity contribution >= 4 is 18.5 Å². The third-order valence-corrected chi connectivity index (χ3v) is 2.66. The van der Waals surface area contributed by atoms with Crippen molar-refractivity contribution in [3.63, 3.8) is 0 Å². The Kier molecular flexibility index (Phi) is 8.10. The minimum atomic E-state index is -1.46. The minimum Gasteiger partial charge on any atom is -0.480 e. The topological polar surface area (TPSA) is 102 Å². The number of carbonyl (C=O) groups is 3. The highest BCUT2D eigenvalue weighted by Crippen LogP contribution is 2.17. The number of hydrogen-bond donors (Lipinski definition) is 2. The first-order valence-electron chi connectivity index (χ1n) is 5.47. The smallest absolute Gasteiger partial charge is 0.324 e. The quantitative estimate of drug-likeness (QED) is 0.385. The molecule has 1 atom stereocenters. The highest BCUT2D eigenvalue weighted by Gasteiger charge is 2.37. The predicted molar refractivity (Wildman–Crippen MR) is 62.2 cm³/mol. The zero-order chi connectivity index (χ0) is 14.0. The lowest BCUT2D eigenvalue weighted by Crippen LogP contribution is -2.55. The van der Waals surface area contributed by atoms with Gasteiger partial charge in [0, 0.05) is 33.6 Å². The molecule has 7 nitrogen and oxygen atoms in total. The van der Waals surface area contributed by atoms with Gasteiger partial charge in [-0.3, -0.25) is 10.1 Å². The van der Waals surface area contributed by atoms with Gasteiger partial charge in [0.25, 0.3) is 0 Å². The van der Waals surface area contributed by atoms with Crippen LogP contribution < -0.4 is 5.32 Å². The molecule has 104 valence electrons. The number of hydrogen-bond acceptors (Lipinski definition) is 6. The van der Waals surface area contributed by atoms with E-state index >= 15 is 0 Å². The standard InChI is InChI=1S/C11H19NO6/c1-17-9(18-2)8-12-11(5-7-14,10(15)16)4-3-6-13/h6-7,9,12H,3-5,8H2,1-2H3,(H,15,16). The van der Waals surface area contributed by atoms with Crippen LogP contribution in [-0.2, 0) is 23.9 Å². The van der Waals surface area contributed by atoms with Gasteiger partial charge in [-0.1, -0.05) is 0 Å². The Morgan fingerprint density at radius 3 is 2.33 bits per heavy atom. The largest absolute Gasteiger partial charge is 0.480 e. The highest BCUT2D eigenvalue weighted by atomic mass is 16.7. The van der Waals surface area contributed by atoms with Crippen molar-refractivity contribution in [1.82, 2.24) is 5.32 Å². The van der Waals surface area contributed by atoms with Crippen LogP contribution in [0.3, 0.4) is 0 Å². The number of methoxy groups -OCH3 is 2. The number of carbonyl (C=O) groups excluding carboxylic acids is 2. The summed E-state index contributed by atoms with van der Waals surface area (Å²) in [4.78, 5) is 32.3. The van der Waals surface area contributed by atoms with Crippen LogP contribution in [0.5, 0.6) is 0 Å². The van der Waals surface area contributed by atoms with E-state index in [0.717, 1.165) is 0 Å². The van der Waals surface area contributed by atoms with E-state index in [2.05, 4.69) is 5.32 Å². The molecule has 0 amide bonds. The van der Waals surface area contributed by atoms with E-state index in [1.807, 2.05) is 0 Å². The lowest BCUT2D eigenvalue weighted by atomic mass is 9.90. The second-order valence-electron chi connectivity index (χ2n) is 3.75. The fraction of sp³-hybridized carbons (Fsp3) is 0.727. The number of nitrogens with one attached hydrogen (secondary N) is 1. The molecule has 0 aromatic rings. The number of ether oxygens (including phenoxy) is 2. The molecule has 0 aromatic heterocycles. The zero-order valence-corrected chi connectivity index (χ0v) is 10.5. The summed E-state index contributed by atoms with van der Waals surface area (Å²) in [6.07, 6.45) is 0.375. The summed E-state index contributed by atoms with van der Waals surface area (Å²) < 4.78 is 9.84. The molecule has 0 saturated heterocycles. The summed E-state index contributed by atoms with van der Waals surface area (Å²) in [5.41, 5.74) is -1.46. The second kappa shape index (κ2) is 8.73. The van der Waals surface area contributed by atoms with E-state index in [1.54, 1.807) is 0 Å². The normalized spacial score (nSPS) is 14.2. The van der Waals surface area contributed by atoms with Crippen LogP contribution in [0.25, 0.3) is 0 Å². The van der Waals surface area contributed by atoms with Gasteiger partial charge < -0.3 is 24.2 Å². The van der Waals surface area contributed by atoms with Crippen LogP contribution in [0.2, 0.25) is 0 Å². The number of aliphatic carboxylic acids is 1. The van der Waals surface area contributed by atoms with Crippen LogP contribution in [0.1, 0.15) is 19.3 Å². The maximum atomic E-state index is 11.3. The molecule has 0 spiro atoms. The third-order valence-electron chi connectivity index (χ3n) is 2.66. The van der Waals surface area contributed by atoms with E-state index in [1.165, 1.54) is 14.2 Å². The van der Waals surface area contributed by atoms with Crippen molar-refractivity contribution in [3.05, 3.63) is 0 Å². The average molecular weight is 261 g/mol. The van der Waals surface area contributed by atoms with E-state index < -0.39 is 17.8 Å². The summed E-state index contributed by atoms with van der Waals surface area (Å²) in [5, 5.41) is 12.0. The fourth-order valence-electron chi connectivity index (χ4n) is 1.52. The van der Waals surface area contributed by atoms with Crippen molar-refractivity contribution in [2.24, 2.45) is 0 Å². The molecule has 0 radical (unpaired) electrons. The molecule has 0 aromatic carbocycles. The predicted octanol–water partition coefficient (Wildman–Crippen LogP) is -0.414. The van der Waals surface area contributed by atoms with Crippen LogP contribution in [0.15, 0.2) is 0 Å². The lowest BCUT2D eigenvalue weighted by molar-refractivity contribution is -0.148. The molecule has 7 heteroatoms. The highest BCUT2D eigenvalue weighted by molar-refractivity contribution is 5.82. The van der Waals surface area contributed by atoms with Gasteiger partial charge in [-0.15, -0.1) is 0 Å². The van der Waals surface area contributed by atoms with Gasteiger partial charge in [0.05, 0.1) is 0 Å². The molecule has 0 fully saturated rings. The van der Waals surface area contributed by atoms with Crippen LogP contribution >= 0.6 is 0 Å². The minimum absolute atomic E-state index is 0.0325. The number of carboxylic acids is 1. The first-order chi connectivity index (χ1) is 8.56. The number of rotatable bonds is 11. The molecular formula is C11H19NO6. The van der Waals surface area contributed by atoms with Crippen molar-refractivity contribution in [1.29, 1.82) is 0 Å². The van der Waals surface area contributed by atoms with Crippen molar-refractivity contribution in [2.75, 3.05) is 20.8 Å². The molecule has 0 aliphatic carbocycles. The summed E-state index contributed by atoms with van der Waals surface area (Å²) >= 11 is 0. The summed E-state index contributed by atoms with van der Waals surface area (Å²) in [6, 6.07) is 0. The van der Waals surface area contributed by atoms with Crippen molar-refractivity contribution in [2.45, 2.75) is 31.1 Å². The SMILES string of the molecule is COC(CNC(CC=O)(CCC=O)C(=O)O)OC. The van der Waals surface area contributed by atoms with E-state index in [9.17, 15) is 19.5 Å². The molecule has 0 heterocycles. The van der Waals surface area contributed by atoms with Gasteiger partial charge >= 0.3 is 5.97 Å². The van der Waals surface area contributed by atoms with Gasteiger partial charge in [-0.05, 0) is 6.42 Å². The van der Waals surface area contributed by atoms with Gasteiger partial charge in [0.2, 0.25) is 0 Å². The van der Waals surface area contributed by atoms with E-state index in [0.29, 0.717) is 12.6 Å². The molecule has 0 aliphatic rings. The lowest BCUT2D eigenvalue weighted by Gasteiger charge is -2.29. The Labute approximate surface area is 105 Å². The maximum absolute atomic E-state index is 11.3. The Morgan fingerprint density at radius 2 is 1.94 bits per heavy atom. The third kappa shape index (κ3) is 4.91. The van der Waals surface area contributed by atoms with E-state index in [-0.39, 0.29) is 25.8 Å². The zero-order valence-electron chi connectivity index (χ0n) is 10.5. The molecule has 0 rings (SSSR count). The van der Waals surface area contributed by atoms with Gasteiger partial charge in [-0.25, -0.2) is 0 Å². The van der Waals surface area contributed by atoms with Crippen LogP contribution in [-0.4, -0.2) is 56.2 Å². The van der Waals surface area contributed by atoms with Crippen molar-refractivity contribution in [3.8, 4) is 0 Å². The first kappa shape index (κ1) is 16.7. The Morgan fingerprint density at radius 1 is 1.33 bits per heavy atom. The molecule has 18 heavy (non-hydrogen) atoms. The summed E-state index contributed by atoms with van der Waals surface area (Å²) in [5.74, 6) is -1.18. The molecular weight excluding hydrogens is 242 g/mol. The van der Waals surface area contributed by atoms with Gasteiger partial charge in [0.1, 0.15) is 18.1 Å². The van der Waals surface area contributed by atoms with Crippen LogP contribution in [0.4, 0.5) is 0 Å². The monoisotopic (exact) mass is 261 g/mol. The summed E-state index contributed by atoms with van der Waals surface area (Å²) in [7, 11) is 2.84. The van der Waals surface area contributed by atoms with Gasteiger partial charge in [-0.2, -0.15) is 0 Å². The maximum Gasteiger partial charge on any atom is 0.324 e. The van der Waals surface area contributed by atoms with Crippen LogP contribution in [0, 0.1) is 0 Å². The second-order valence-corrected chi connectivity index (χ2v) is 3.75. The Hall–Kier alpha value is -1.31. The molecule has 1 unspecified atom stereocenters. The number of carboxylic acid groups (broad SMARTS) is 1. The molecule has 0 aliphatic heterocycles. The Bertz CT molecular complexity index is 279. The molecule has 2 N–H and O–H groups in total.